The van der Waals surface area contributed by atoms with E-state index >= 15 is 0 Å². The van der Waals surface area contributed by atoms with Crippen molar-refractivity contribution in [3.8, 4) is 5.75 Å². The van der Waals surface area contributed by atoms with Crippen LogP contribution in [0.3, 0.4) is 0 Å². The lowest BCUT2D eigenvalue weighted by Gasteiger charge is -2.37. The SMILES string of the molecule is COc1ccccc1N1CCN(CCC(C)N2C(=O)CCC2=O)CC1. The van der Waals surface area contributed by atoms with Crippen molar-refractivity contribution in [1.29, 1.82) is 0 Å². The average Bonchev–Trinajstić information content (AvgIpc) is 2.98. The lowest BCUT2D eigenvalue weighted by molar-refractivity contribution is -0.140. The molecule has 6 heteroatoms. The van der Waals surface area contributed by atoms with Gasteiger partial charge in [-0.05, 0) is 25.5 Å². The second kappa shape index (κ2) is 7.87. The van der Waals surface area contributed by atoms with Crippen molar-refractivity contribution >= 4 is 17.5 Å². The summed E-state index contributed by atoms with van der Waals surface area (Å²) in [4.78, 5) is 29.8. The smallest absolute Gasteiger partial charge is 0.229 e. The molecule has 6 nitrogen and oxygen atoms in total. The Bertz CT molecular complexity index is 610. The van der Waals surface area contributed by atoms with E-state index in [1.807, 2.05) is 25.1 Å². The zero-order valence-electron chi connectivity index (χ0n) is 15.1. The van der Waals surface area contributed by atoms with Gasteiger partial charge in [-0.15, -0.1) is 0 Å². The van der Waals surface area contributed by atoms with Gasteiger partial charge in [0.05, 0.1) is 12.8 Å². The Balaban J connectivity index is 1.48. The van der Waals surface area contributed by atoms with Crippen LogP contribution in [-0.2, 0) is 9.59 Å². The topological polar surface area (TPSA) is 53.1 Å². The molecule has 2 saturated heterocycles. The van der Waals surface area contributed by atoms with Gasteiger partial charge in [-0.3, -0.25) is 19.4 Å². The van der Waals surface area contributed by atoms with Gasteiger partial charge >= 0.3 is 0 Å². The molecular weight excluding hydrogens is 318 g/mol. The van der Waals surface area contributed by atoms with Crippen LogP contribution < -0.4 is 9.64 Å². The summed E-state index contributed by atoms with van der Waals surface area (Å²) in [6.07, 6.45) is 1.59. The minimum absolute atomic E-state index is 0.00486. The van der Waals surface area contributed by atoms with E-state index in [0.29, 0.717) is 12.8 Å². The fourth-order valence-corrected chi connectivity index (χ4v) is 3.69. The molecule has 1 unspecified atom stereocenters. The van der Waals surface area contributed by atoms with Gasteiger partial charge in [0.2, 0.25) is 11.8 Å². The second-order valence-electron chi connectivity index (χ2n) is 6.80. The summed E-state index contributed by atoms with van der Waals surface area (Å²) in [5, 5.41) is 0. The normalized spacial score (nSPS) is 20.2. The zero-order chi connectivity index (χ0) is 17.8. The molecule has 0 spiro atoms. The molecule has 2 aliphatic rings. The molecule has 2 fully saturated rings. The Morgan fingerprint density at radius 2 is 1.68 bits per heavy atom. The first kappa shape index (κ1) is 17.7. The summed E-state index contributed by atoms with van der Waals surface area (Å²) < 4.78 is 5.46. The Hall–Kier alpha value is -2.08. The molecule has 136 valence electrons. The molecule has 2 aliphatic heterocycles. The van der Waals surface area contributed by atoms with Crippen LogP contribution in [0.4, 0.5) is 5.69 Å². The van der Waals surface area contributed by atoms with Gasteiger partial charge in [0.15, 0.2) is 0 Å². The minimum atomic E-state index is -0.0153. The van der Waals surface area contributed by atoms with Gasteiger partial charge < -0.3 is 9.64 Å². The number of piperazine rings is 1. The van der Waals surface area contributed by atoms with Crippen molar-refractivity contribution < 1.29 is 14.3 Å². The molecule has 25 heavy (non-hydrogen) atoms. The van der Waals surface area contributed by atoms with Crippen LogP contribution in [0, 0.1) is 0 Å². The maximum atomic E-state index is 11.8. The first-order valence-electron chi connectivity index (χ1n) is 9.05. The summed E-state index contributed by atoms with van der Waals surface area (Å²) in [6.45, 7) is 6.76. The van der Waals surface area contributed by atoms with Crippen LogP contribution in [0.25, 0.3) is 0 Å². The largest absolute Gasteiger partial charge is 0.495 e. The molecule has 0 aliphatic carbocycles. The number of ether oxygens (including phenoxy) is 1. The van der Waals surface area contributed by atoms with E-state index in [0.717, 1.165) is 50.6 Å². The van der Waals surface area contributed by atoms with Gasteiger partial charge in [0.1, 0.15) is 5.75 Å². The predicted octanol–water partition coefficient (Wildman–Crippen LogP) is 1.74. The van der Waals surface area contributed by atoms with E-state index in [2.05, 4.69) is 15.9 Å². The molecular formula is C19H27N3O3. The highest BCUT2D eigenvalue weighted by molar-refractivity contribution is 6.02. The van der Waals surface area contributed by atoms with Crippen molar-refractivity contribution in [2.75, 3.05) is 44.7 Å². The van der Waals surface area contributed by atoms with E-state index in [4.69, 9.17) is 4.74 Å². The monoisotopic (exact) mass is 345 g/mol. The maximum Gasteiger partial charge on any atom is 0.229 e. The number of anilines is 1. The number of nitrogens with zero attached hydrogens (tertiary/aromatic N) is 3. The summed E-state index contributed by atoms with van der Waals surface area (Å²) >= 11 is 0. The Morgan fingerprint density at radius 3 is 2.32 bits per heavy atom. The lowest BCUT2D eigenvalue weighted by atomic mass is 10.1. The molecule has 3 rings (SSSR count). The van der Waals surface area contributed by atoms with E-state index in [9.17, 15) is 9.59 Å². The van der Waals surface area contributed by atoms with Gasteiger partial charge in [0, 0.05) is 51.6 Å². The third-order valence-corrected chi connectivity index (χ3v) is 5.19. The lowest BCUT2D eigenvalue weighted by Crippen LogP contribution is -2.48. The summed E-state index contributed by atoms with van der Waals surface area (Å²) in [7, 11) is 1.71. The van der Waals surface area contributed by atoms with Crippen LogP contribution in [0.5, 0.6) is 5.75 Å². The Labute approximate surface area is 149 Å². The van der Waals surface area contributed by atoms with Crippen LogP contribution >= 0.6 is 0 Å². The summed E-state index contributed by atoms with van der Waals surface area (Å²) in [5.41, 5.74) is 1.14. The highest BCUT2D eigenvalue weighted by atomic mass is 16.5. The molecule has 0 bridgehead atoms. The Kier molecular flexibility index (Phi) is 5.58. The number of likely N-dealkylation sites (tertiary alicyclic amines) is 1. The molecule has 0 saturated carbocycles. The minimum Gasteiger partial charge on any atom is -0.495 e. The number of amides is 2. The van der Waals surface area contributed by atoms with Gasteiger partial charge in [-0.1, -0.05) is 12.1 Å². The van der Waals surface area contributed by atoms with E-state index in [1.165, 1.54) is 4.90 Å². The van der Waals surface area contributed by atoms with Crippen LogP contribution in [0.2, 0.25) is 0 Å². The molecule has 1 atom stereocenters. The van der Waals surface area contributed by atoms with Crippen molar-refractivity contribution in [3.63, 3.8) is 0 Å². The first-order valence-corrected chi connectivity index (χ1v) is 9.05. The van der Waals surface area contributed by atoms with Crippen LogP contribution in [-0.4, -0.2) is 67.5 Å². The summed E-state index contributed by atoms with van der Waals surface area (Å²) in [5.74, 6) is 0.882. The van der Waals surface area contributed by atoms with Crippen molar-refractivity contribution in [2.24, 2.45) is 0 Å². The number of carbonyl (C=O) groups is 2. The summed E-state index contributed by atoms with van der Waals surface area (Å²) in [6, 6.07) is 8.11. The van der Waals surface area contributed by atoms with E-state index in [-0.39, 0.29) is 17.9 Å². The van der Waals surface area contributed by atoms with Crippen molar-refractivity contribution in [1.82, 2.24) is 9.80 Å². The fourth-order valence-electron chi connectivity index (χ4n) is 3.69. The number of hydrogen-bond acceptors (Lipinski definition) is 5. The number of para-hydroxylation sites is 2. The molecule has 2 heterocycles. The van der Waals surface area contributed by atoms with Gasteiger partial charge in [0.25, 0.3) is 0 Å². The number of imide groups is 1. The molecule has 0 aromatic heterocycles. The third kappa shape index (κ3) is 3.95. The van der Waals surface area contributed by atoms with Gasteiger partial charge in [-0.25, -0.2) is 0 Å². The van der Waals surface area contributed by atoms with Crippen molar-refractivity contribution in [2.45, 2.75) is 32.2 Å². The number of benzene rings is 1. The highest BCUT2D eigenvalue weighted by Gasteiger charge is 2.32. The predicted molar refractivity (Wildman–Crippen MR) is 96.8 cm³/mol. The maximum absolute atomic E-state index is 11.8. The number of hydrogen-bond donors (Lipinski definition) is 0. The van der Waals surface area contributed by atoms with E-state index < -0.39 is 0 Å². The molecule has 2 amide bonds. The third-order valence-electron chi connectivity index (χ3n) is 5.19. The highest BCUT2D eigenvalue weighted by Crippen LogP contribution is 2.28. The number of carbonyl (C=O) groups excluding carboxylic acids is 2. The zero-order valence-corrected chi connectivity index (χ0v) is 15.1. The van der Waals surface area contributed by atoms with Gasteiger partial charge in [-0.2, -0.15) is 0 Å². The molecule has 1 aromatic rings. The average molecular weight is 345 g/mol. The van der Waals surface area contributed by atoms with Crippen LogP contribution in [0.1, 0.15) is 26.2 Å². The standard InChI is InChI=1S/C19H27N3O3/c1-15(22-18(23)7-8-19(22)24)9-10-20-11-13-21(14-12-20)16-5-3-4-6-17(16)25-2/h3-6,15H,7-14H2,1-2H3. The second-order valence-corrected chi connectivity index (χ2v) is 6.80. The fraction of sp³-hybridized carbons (Fsp3) is 0.579. The van der Waals surface area contributed by atoms with Crippen LogP contribution in [0.15, 0.2) is 24.3 Å². The Morgan fingerprint density at radius 1 is 1.04 bits per heavy atom. The molecule has 0 radical (unpaired) electrons. The van der Waals surface area contributed by atoms with E-state index in [1.54, 1.807) is 7.11 Å². The molecule has 1 aromatic carbocycles. The molecule has 0 N–H and O–H groups in total. The number of rotatable bonds is 6. The number of methoxy groups -OCH3 is 1. The quantitative estimate of drug-likeness (QED) is 0.735. The van der Waals surface area contributed by atoms with Crippen molar-refractivity contribution in [3.05, 3.63) is 24.3 Å². The first-order chi connectivity index (χ1) is 12.1.